The number of hydrogen-bond acceptors (Lipinski definition) is 3. The second-order valence-corrected chi connectivity index (χ2v) is 6.77. The van der Waals surface area contributed by atoms with Crippen LogP contribution in [0.3, 0.4) is 0 Å². The van der Waals surface area contributed by atoms with Gasteiger partial charge in [0.2, 0.25) is 0 Å². The van der Waals surface area contributed by atoms with Gasteiger partial charge in [-0.2, -0.15) is 0 Å². The number of aliphatic hydroxyl groups excluding tert-OH is 1. The molecule has 1 amide bonds. The molecule has 3 aromatic rings. The third-order valence-corrected chi connectivity index (χ3v) is 5.22. The average molecular weight is 335 g/mol. The third-order valence-electron chi connectivity index (χ3n) is 5.22. The highest BCUT2D eigenvalue weighted by molar-refractivity contribution is 5.97. The van der Waals surface area contributed by atoms with Crippen molar-refractivity contribution < 1.29 is 9.90 Å². The van der Waals surface area contributed by atoms with Gasteiger partial charge in [-0.3, -0.25) is 4.79 Å². The van der Waals surface area contributed by atoms with Crippen LogP contribution < -0.4 is 0 Å². The summed E-state index contributed by atoms with van der Waals surface area (Å²) in [5.74, 6) is 0.00459. The van der Waals surface area contributed by atoms with E-state index in [0.29, 0.717) is 18.7 Å². The molecule has 1 atom stereocenters. The number of imidazole rings is 1. The Morgan fingerprint density at radius 2 is 2.08 bits per heavy atom. The van der Waals surface area contributed by atoms with Gasteiger partial charge in [-0.15, -0.1) is 0 Å². The van der Waals surface area contributed by atoms with Crippen molar-refractivity contribution in [2.24, 2.45) is 0 Å². The van der Waals surface area contributed by atoms with Gasteiger partial charge in [-0.1, -0.05) is 30.3 Å². The summed E-state index contributed by atoms with van der Waals surface area (Å²) in [5, 5.41) is 10.1. The maximum atomic E-state index is 13.0. The minimum absolute atomic E-state index is 0.00459. The van der Waals surface area contributed by atoms with Gasteiger partial charge in [0, 0.05) is 24.1 Å². The minimum atomic E-state index is -0.382. The molecular weight excluding hydrogens is 314 g/mol. The fourth-order valence-corrected chi connectivity index (χ4v) is 3.80. The Morgan fingerprint density at radius 1 is 1.24 bits per heavy atom. The number of carbonyl (C=O) groups excluding carboxylic acids is 1. The molecule has 1 unspecified atom stereocenters. The number of nitrogens with zero attached hydrogens (tertiary/aromatic N) is 2. The maximum Gasteiger partial charge on any atom is 0.253 e. The smallest absolute Gasteiger partial charge is 0.253 e. The average Bonchev–Trinajstić information content (AvgIpc) is 3.16. The van der Waals surface area contributed by atoms with Crippen LogP contribution in [0.5, 0.6) is 0 Å². The molecule has 2 aromatic carbocycles. The number of aromatic nitrogens is 2. The van der Waals surface area contributed by atoms with Crippen LogP contribution in [0.1, 0.15) is 28.8 Å². The largest absolute Gasteiger partial charge is 0.395 e. The number of nitrogens with one attached hydrogen (secondary N) is 1. The summed E-state index contributed by atoms with van der Waals surface area (Å²) in [4.78, 5) is 22.1. The Bertz CT molecular complexity index is 890. The van der Waals surface area contributed by atoms with Crippen molar-refractivity contribution in [3.05, 3.63) is 66.0 Å². The first-order chi connectivity index (χ1) is 12.2. The van der Waals surface area contributed by atoms with E-state index in [4.69, 9.17) is 0 Å². The zero-order valence-electron chi connectivity index (χ0n) is 14.0. The van der Waals surface area contributed by atoms with Gasteiger partial charge in [0.05, 0.1) is 24.0 Å². The van der Waals surface area contributed by atoms with Gasteiger partial charge in [0.15, 0.2) is 0 Å². The molecule has 5 heteroatoms. The summed E-state index contributed by atoms with van der Waals surface area (Å²) in [5.41, 5.74) is 3.08. The predicted octanol–water partition coefficient (Wildman–Crippen LogP) is 2.73. The first kappa shape index (κ1) is 15.8. The number of hydrogen-bond donors (Lipinski definition) is 2. The predicted molar refractivity (Wildman–Crippen MR) is 96.4 cm³/mol. The molecule has 0 aliphatic carbocycles. The lowest BCUT2D eigenvalue weighted by Crippen LogP contribution is -2.50. The molecule has 128 valence electrons. The molecule has 4 rings (SSSR count). The molecular formula is C20H21N3O2. The van der Waals surface area contributed by atoms with E-state index >= 15 is 0 Å². The van der Waals surface area contributed by atoms with E-state index in [1.807, 2.05) is 53.4 Å². The normalized spacial score (nSPS) is 20.8. The number of aromatic amines is 1. The zero-order chi connectivity index (χ0) is 17.3. The number of H-pyrrole nitrogens is 1. The maximum absolute atomic E-state index is 13.0. The molecule has 1 aliphatic heterocycles. The summed E-state index contributed by atoms with van der Waals surface area (Å²) in [6, 6.07) is 15.6. The minimum Gasteiger partial charge on any atom is -0.395 e. The van der Waals surface area contributed by atoms with Crippen molar-refractivity contribution in [2.75, 3.05) is 19.7 Å². The first-order valence-corrected chi connectivity index (χ1v) is 8.61. The fraction of sp³-hybridized carbons (Fsp3) is 0.300. The monoisotopic (exact) mass is 335 g/mol. The summed E-state index contributed by atoms with van der Waals surface area (Å²) >= 11 is 0. The number of aliphatic hydroxyl groups is 1. The standard InChI is InChI=1S/C20H21N3O2/c24-13-20(16-5-2-1-3-6-16)9-4-10-23(12-20)19(25)15-7-8-17-18(11-15)22-14-21-17/h1-3,5-8,11,14,24H,4,9-10,12-13H2,(H,21,22). The van der Waals surface area contributed by atoms with Crippen molar-refractivity contribution in [3.63, 3.8) is 0 Å². The van der Waals surface area contributed by atoms with E-state index < -0.39 is 0 Å². The number of piperidine rings is 1. The van der Waals surface area contributed by atoms with Crippen LogP contribution in [0.4, 0.5) is 0 Å². The molecule has 0 bridgehead atoms. The van der Waals surface area contributed by atoms with Crippen LogP contribution in [0.2, 0.25) is 0 Å². The number of carbonyl (C=O) groups is 1. The second-order valence-electron chi connectivity index (χ2n) is 6.77. The summed E-state index contributed by atoms with van der Waals surface area (Å²) in [6.45, 7) is 1.29. The van der Waals surface area contributed by atoms with Gasteiger partial charge in [-0.05, 0) is 36.6 Å². The van der Waals surface area contributed by atoms with Crippen LogP contribution >= 0.6 is 0 Å². The fourth-order valence-electron chi connectivity index (χ4n) is 3.80. The number of amides is 1. The molecule has 0 saturated carbocycles. The van der Waals surface area contributed by atoms with Crippen LogP contribution in [-0.4, -0.2) is 45.6 Å². The lowest BCUT2D eigenvalue weighted by molar-refractivity contribution is 0.0543. The van der Waals surface area contributed by atoms with Gasteiger partial charge in [-0.25, -0.2) is 4.98 Å². The highest BCUT2D eigenvalue weighted by atomic mass is 16.3. The Labute approximate surface area is 146 Å². The Balaban J connectivity index is 1.62. The lowest BCUT2D eigenvalue weighted by atomic mass is 9.74. The number of fused-ring (bicyclic) bond motifs is 1. The van der Waals surface area contributed by atoms with Crippen LogP contribution in [0, 0.1) is 0 Å². The Morgan fingerprint density at radius 3 is 2.88 bits per heavy atom. The van der Waals surface area contributed by atoms with E-state index in [2.05, 4.69) is 9.97 Å². The van der Waals surface area contributed by atoms with Crippen LogP contribution in [0.15, 0.2) is 54.9 Å². The number of benzene rings is 2. The van der Waals surface area contributed by atoms with E-state index in [1.54, 1.807) is 6.33 Å². The van der Waals surface area contributed by atoms with E-state index in [-0.39, 0.29) is 17.9 Å². The van der Waals surface area contributed by atoms with Crippen molar-refractivity contribution in [3.8, 4) is 0 Å². The lowest BCUT2D eigenvalue weighted by Gasteiger charge is -2.42. The molecule has 25 heavy (non-hydrogen) atoms. The summed E-state index contributed by atoms with van der Waals surface area (Å²) < 4.78 is 0. The molecule has 2 heterocycles. The van der Waals surface area contributed by atoms with Crippen molar-refractivity contribution >= 4 is 16.9 Å². The van der Waals surface area contributed by atoms with E-state index in [1.165, 1.54) is 0 Å². The molecule has 2 N–H and O–H groups in total. The SMILES string of the molecule is O=C(c1ccc2nc[nH]c2c1)N1CCCC(CO)(c2ccccc2)C1. The van der Waals surface area contributed by atoms with Crippen molar-refractivity contribution in [2.45, 2.75) is 18.3 Å². The second kappa shape index (κ2) is 6.33. The summed E-state index contributed by atoms with van der Waals surface area (Å²) in [6.07, 6.45) is 3.40. The molecule has 1 aliphatic rings. The van der Waals surface area contributed by atoms with Crippen LogP contribution in [0.25, 0.3) is 11.0 Å². The van der Waals surface area contributed by atoms with Crippen molar-refractivity contribution in [1.82, 2.24) is 14.9 Å². The number of rotatable bonds is 3. The molecule has 1 saturated heterocycles. The van der Waals surface area contributed by atoms with Crippen molar-refractivity contribution in [1.29, 1.82) is 0 Å². The van der Waals surface area contributed by atoms with Gasteiger partial charge < -0.3 is 15.0 Å². The van der Waals surface area contributed by atoms with Gasteiger partial charge >= 0.3 is 0 Å². The molecule has 1 fully saturated rings. The van der Waals surface area contributed by atoms with Crippen LogP contribution in [-0.2, 0) is 5.41 Å². The first-order valence-electron chi connectivity index (χ1n) is 8.61. The molecule has 5 nitrogen and oxygen atoms in total. The number of likely N-dealkylation sites (tertiary alicyclic amines) is 1. The Hall–Kier alpha value is -2.66. The van der Waals surface area contributed by atoms with E-state index in [0.717, 1.165) is 29.4 Å². The quantitative estimate of drug-likeness (QED) is 0.773. The van der Waals surface area contributed by atoms with Gasteiger partial charge in [0.25, 0.3) is 5.91 Å². The zero-order valence-corrected chi connectivity index (χ0v) is 14.0. The molecule has 0 radical (unpaired) electrons. The summed E-state index contributed by atoms with van der Waals surface area (Å²) in [7, 11) is 0. The highest BCUT2D eigenvalue weighted by Crippen LogP contribution is 2.34. The topological polar surface area (TPSA) is 69.2 Å². The molecule has 1 aromatic heterocycles. The van der Waals surface area contributed by atoms with Gasteiger partial charge in [0.1, 0.15) is 0 Å². The molecule has 0 spiro atoms. The third kappa shape index (κ3) is 2.81. The highest BCUT2D eigenvalue weighted by Gasteiger charge is 2.38. The Kier molecular flexibility index (Phi) is 4.01. The van der Waals surface area contributed by atoms with E-state index in [9.17, 15) is 9.90 Å².